The molecule has 5 heteroatoms. The van der Waals surface area contributed by atoms with Gasteiger partial charge in [0.2, 0.25) is 0 Å². The maximum Gasteiger partial charge on any atom is 0.255 e. The highest BCUT2D eigenvalue weighted by Gasteiger charge is 2.12. The Balaban J connectivity index is 1.77. The lowest BCUT2D eigenvalue weighted by molar-refractivity contribution is 0.102. The molecule has 0 atom stereocenters. The average molecular weight is 355 g/mol. The van der Waals surface area contributed by atoms with Crippen molar-refractivity contribution in [1.29, 1.82) is 5.26 Å². The van der Waals surface area contributed by atoms with Crippen LogP contribution in [0.3, 0.4) is 0 Å². The minimum Gasteiger partial charge on any atom is -0.322 e. The van der Waals surface area contributed by atoms with Crippen molar-refractivity contribution >= 4 is 23.2 Å². The molecule has 3 rings (SSSR count). The minimum atomic E-state index is -0.386. The fourth-order valence-electron chi connectivity index (χ4n) is 2.61. The number of nitriles is 1. The number of hydrogen-bond acceptors (Lipinski definition) is 3. The fraction of sp³-hybridized carbons (Fsp3) is 0.0455. The number of nitrogens with zero attached hydrogens (tertiary/aromatic N) is 1. The van der Waals surface area contributed by atoms with E-state index in [1.54, 1.807) is 48.5 Å². The van der Waals surface area contributed by atoms with E-state index in [9.17, 15) is 9.59 Å². The molecule has 0 aromatic heterocycles. The Bertz CT molecular complexity index is 1050. The Labute approximate surface area is 157 Å². The van der Waals surface area contributed by atoms with E-state index in [0.29, 0.717) is 28.1 Å². The molecular formula is C22H17N3O2. The van der Waals surface area contributed by atoms with Gasteiger partial charge >= 0.3 is 0 Å². The number of nitrogens with one attached hydrogen (secondary N) is 2. The van der Waals surface area contributed by atoms with Crippen LogP contribution in [0.5, 0.6) is 0 Å². The van der Waals surface area contributed by atoms with Crippen LogP contribution < -0.4 is 10.6 Å². The van der Waals surface area contributed by atoms with Gasteiger partial charge in [-0.05, 0) is 55.0 Å². The lowest BCUT2D eigenvalue weighted by atomic mass is 10.1. The first kappa shape index (κ1) is 17.9. The van der Waals surface area contributed by atoms with E-state index in [1.807, 2.05) is 31.2 Å². The van der Waals surface area contributed by atoms with Crippen molar-refractivity contribution < 1.29 is 9.59 Å². The van der Waals surface area contributed by atoms with E-state index in [0.717, 1.165) is 5.56 Å². The molecule has 0 radical (unpaired) electrons. The molecule has 27 heavy (non-hydrogen) atoms. The molecule has 0 bridgehead atoms. The van der Waals surface area contributed by atoms with Gasteiger partial charge in [-0.15, -0.1) is 0 Å². The third-order valence-corrected chi connectivity index (χ3v) is 3.96. The first-order valence-corrected chi connectivity index (χ1v) is 8.35. The molecule has 2 amide bonds. The van der Waals surface area contributed by atoms with Crippen LogP contribution in [0.25, 0.3) is 0 Å². The predicted octanol–water partition coefficient (Wildman–Crippen LogP) is 4.37. The second-order valence-electron chi connectivity index (χ2n) is 6.02. The molecule has 132 valence electrons. The van der Waals surface area contributed by atoms with E-state index in [4.69, 9.17) is 5.26 Å². The Morgan fingerprint density at radius 3 is 2.19 bits per heavy atom. The Hall–Kier alpha value is -3.91. The first-order chi connectivity index (χ1) is 13.1. The van der Waals surface area contributed by atoms with Crippen LogP contribution in [0.15, 0.2) is 72.8 Å². The first-order valence-electron chi connectivity index (χ1n) is 8.35. The van der Waals surface area contributed by atoms with Gasteiger partial charge in [0, 0.05) is 16.8 Å². The summed E-state index contributed by atoms with van der Waals surface area (Å²) in [6, 6.07) is 22.7. The summed E-state index contributed by atoms with van der Waals surface area (Å²) in [5.74, 6) is -0.685. The molecule has 0 spiro atoms. The zero-order chi connectivity index (χ0) is 19.2. The molecule has 0 fully saturated rings. The van der Waals surface area contributed by atoms with Gasteiger partial charge < -0.3 is 10.6 Å². The highest BCUT2D eigenvalue weighted by Crippen LogP contribution is 2.16. The van der Waals surface area contributed by atoms with Crippen molar-refractivity contribution in [3.05, 3.63) is 95.1 Å². The predicted molar refractivity (Wildman–Crippen MR) is 105 cm³/mol. The van der Waals surface area contributed by atoms with Gasteiger partial charge in [-0.3, -0.25) is 9.59 Å². The average Bonchev–Trinajstić information content (AvgIpc) is 2.68. The molecule has 0 aliphatic heterocycles. The van der Waals surface area contributed by atoms with Crippen molar-refractivity contribution in [2.75, 3.05) is 10.6 Å². The third kappa shape index (κ3) is 4.39. The third-order valence-electron chi connectivity index (χ3n) is 3.96. The molecule has 2 N–H and O–H groups in total. The molecule has 5 nitrogen and oxygen atoms in total. The molecule has 0 heterocycles. The van der Waals surface area contributed by atoms with Crippen LogP contribution in [0.2, 0.25) is 0 Å². The summed E-state index contributed by atoms with van der Waals surface area (Å²) in [5, 5.41) is 14.7. The van der Waals surface area contributed by atoms with Gasteiger partial charge in [-0.25, -0.2) is 0 Å². The monoisotopic (exact) mass is 355 g/mol. The number of carbonyl (C=O) groups excluding carboxylic acids is 2. The summed E-state index contributed by atoms with van der Waals surface area (Å²) in [4.78, 5) is 25.0. The van der Waals surface area contributed by atoms with E-state index in [2.05, 4.69) is 10.6 Å². The SMILES string of the molecule is Cc1cccc(NC(=O)c2cccc(C(=O)Nc3ccccc3C#N)c2)c1. The molecule has 0 unspecified atom stereocenters. The number of carbonyl (C=O) groups is 2. The van der Waals surface area contributed by atoms with Crippen LogP contribution in [0.1, 0.15) is 31.8 Å². The van der Waals surface area contributed by atoms with Crippen molar-refractivity contribution in [2.24, 2.45) is 0 Å². The number of amides is 2. The maximum absolute atomic E-state index is 12.5. The summed E-state index contributed by atoms with van der Waals surface area (Å²) < 4.78 is 0. The fourth-order valence-corrected chi connectivity index (χ4v) is 2.61. The van der Waals surface area contributed by atoms with Gasteiger partial charge in [0.25, 0.3) is 11.8 Å². The van der Waals surface area contributed by atoms with Gasteiger partial charge in [0.05, 0.1) is 11.3 Å². The molecule has 0 aliphatic carbocycles. The van der Waals surface area contributed by atoms with E-state index >= 15 is 0 Å². The van der Waals surface area contributed by atoms with Crippen LogP contribution in [-0.4, -0.2) is 11.8 Å². The van der Waals surface area contributed by atoms with E-state index in [-0.39, 0.29) is 11.8 Å². The normalized spacial score (nSPS) is 9.93. The van der Waals surface area contributed by atoms with Crippen molar-refractivity contribution in [2.45, 2.75) is 6.92 Å². The molecule has 3 aromatic carbocycles. The van der Waals surface area contributed by atoms with Crippen molar-refractivity contribution in [3.8, 4) is 6.07 Å². The zero-order valence-corrected chi connectivity index (χ0v) is 14.7. The van der Waals surface area contributed by atoms with Crippen molar-refractivity contribution in [3.63, 3.8) is 0 Å². The summed E-state index contributed by atoms with van der Waals surface area (Å²) in [7, 11) is 0. The van der Waals surface area contributed by atoms with E-state index < -0.39 is 0 Å². The number of aryl methyl sites for hydroxylation is 1. The number of benzene rings is 3. The standard InChI is InChI=1S/C22H17N3O2/c1-15-6-4-10-19(12-15)24-21(26)16-8-5-9-17(13-16)22(27)25-20-11-3-2-7-18(20)14-23/h2-13H,1H3,(H,24,26)(H,25,27). The van der Waals surface area contributed by atoms with Crippen LogP contribution in [-0.2, 0) is 0 Å². The van der Waals surface area contributed by atoms with Crippen LogP contribution in [0.4, 0.5) is 11.4 Å². The molecule has 0 aliphatic rings. The largest absolute Gasteiger partial charge is 0.322 e. The van der Waals surface area contributed by atoms with Gasteiger partial charge in [0.15, 0.2) is 0 Å². The number of para-hydroxylation sites is 1. The molecular weight excluding hydrogens is 338 g/mol. The van der Waals surface area contributed by atoms with Gasteiger partial charge in [0.1, 0.15) is 6.07 Å². The number of rotatable bonds is 4. The van der Waals surface area contributed by atoms with Crippen LogP contribution >= 0.6 is 0 Å². The quantitative estimate of drug-likeness (QED) is 0.729. The summed E-state index contributed by atoms with van der Waals surface area (Å²) in [6.45, 7) is 1.94. The lowest BCUT2D eigenvalue weighted by Gasteiger charge is -2.09. The van der Waals surface area contributed by atoms with Gasteiger partial charge in [-0.1, -0.05) is 30.3 Å². The highest BCUT2D eigenvalue weighted by atomic mass is 16.2. The maximum atomic E-state index is 12.5. The minimum absolute atomic E-state index is 0.298. The second kappa shape index (κ2) is 7.98. The summed E-state index contributed by atoms with van der Waals surface area (Å²) >= 11 is 0. The van der Waals surface area contributed by atoms with E-state index in [1.165, 1.54) is 6.07 Å². The zero-order valence-electron chi connectivity index (χ0n) is 14.7. The summed E-state index contributed by atoms with van der Waals surface area (Å²) in [5.41, 5.74) is 3.24. The smallest absolute Gasteiger partial charge is 0.255 e. The molecule has 3 aromatic rings. The second-order valence-corrected chi connectivity index (χ2v) is 6.02. The lowest BCUT2D eigenvalue weighted by Crippen LogP contribution is -2.16. The Morgan fingerprint density at radius 1 is 0.815 bits per heavy atom. The van der Waals surface area contributed by atoms with Crippen molar-refractivity contribution in [1.82, 2.24) is 0 Å². The highest BCUT2D eigenvalue weighted by molar-refractivity contribution is 6.09. The Kier molecular flexibility index (Phi) is 5.29. The molecule has 0 saturated carbocycles. The number of anilines is 2. The van der Waals surface area contributed by atoms with Gasteiger partial charge in [-0.2, -0.15) is 5.26 Å². The Morgan fingerprint density at radius 2 is 1.48 bits per heavy atom. The summed E-state index contributed by atoms with van der Waals surface area (Å²) in [6.07, 6.45) is 0. The molecule has 0 saturated heterocycles. The number of hydrogen-bond donors (Lipinski definition) is 2. The topological polar surface area (TPSA) is 82.0 Å². The van der Waals surface area contributed by atoms with Crippen LogP contribution in [0, 0.1) is 18.3 Å².